The van der Waals surface area contributed by atoms with Crippen LogP contribution in [0.15, 0.2) is 36.7 Å². The summed E-state index contributed by atoms with van der Waals surface area (Å²) in [6.07, 6.45) is 3.30. The van der Waals surface area contributed by atoms with Crippen LogP contribution in [0.25, 0.3) is 10.9 Å². The lowest BCUT2D eigenvalue weighted by molar-refractivity contribution is 0.245. The molecule has 1 amide bonds. The van der Waals surface area contributed by atoms with Crippen LogP contribution in [0, 0.1) is 3.57 Å². The Labute approximate surface area is 139 Å². The Kier molecular flexibility index (Phi) is 3.84. The van der Waals surface area contributed by atoms with E-state index < -0.39 is 0 Å². The van der Waals surface area contributed by atoms with E-state index in [2.05, 4.69) is 37.9 Å². The monoisotopic (exact) mass is 409 g/mol. The molecule has 22 heavy (non-hydrogen) atoms. The molecule has 0 fully saturated rings. The second kappa shape index (κ2) is 5.79. The highest BCUT2D eigenvalue weighted by atomic mass is 127. The lowest BCUT2D eigenvalue weighted by Gasteiger charge is -2.08. The molecular formula is C14H12IN5O2. The Morgan fingerprint density at radius 2 is 2.23 bits per heavy atom. The molecule has 1 aromatic carbocycles. The van der Waals surface area contributed by atoms with Gasteiger partial charge in [0.25, 0.3) is 0 Å². The Hall–Kier alpha value is -2.36. The van der Waals surface area contributed by atoms with Crippen molar-refractivity contribution in [3.05, 3.63) is 40.2 Å². The number of carbonyl (C=O) groups excluding carboxylic acids is 1. The first-order chi connectivity index (χ1) is 10.6. The smallest absolute Gasteiger partial charge is 0.325 e. The van der Waals surface area contributed by atoms with E-state index in [1.54, 1.807) is 25.5 Å². The number of nitrogens with zero attached hydrogens (tertiary/aromatic N) is 3. The van der Waals surface area contributed by atoms with E-state index in [9.17, 15) is 4.79 Å². The number of rotatable bonds is 2. The summed E-state index contributed by atoms with van der Waals surface area (Å²) < 4.78 is 8.04. The molecule has 2 aromatic heterocycles. The number of nitrogen functional groups attached to an aromatic ring is 1. The van der Waals surface area contributed by atoms with Gasteiger partial charge in [-0.05, 0) is 46.9 Å². The molecule has 0 radical (unpaired) electrons. The van der Waals surface area contributed by atoms with Crippen molar-refractivity contribution in [1.82, 2.24) is 19.9 Å². The minimum absolute atomic E-state index is 0.155. The normalized spacial score (nSPS) is 10.6. The standard InChI is InChI=1S/C14H12IN5O2/c1-17-14(21)20-5-4-8-6-9(2-3-11(8)20)22-12-10(15)7-18-13(16)19-12/h2-7H,1H3,(H,17,21)(H2,16,18,19). The topological polar surface area (TPSA) is 95.1 Å². The van der Waals surface area contributed by atoms with Gasteiger partial charge in [0.1, 0.15) is 5.75 Å². The molecule has 0 saturated carbocycles. The maximum absolute atomic E-state index is 11.7. The molecular weight excluding hydrogens is 397 g/mol. The third-order valence-electron chi connectivity index (χ3n) is 3.04. The lowest BCUT2D eigenvalue weighted by atomic mass is 10.2. The van der Waals surface area contributed by atoms with E-state index in [4.69, 9.17) is 10.5 Å². The second-order valence-electron chi connectivity index (χ2n) is 4.44. The highest BCUT2D eigenvalue weighted by Crippen LogP contribution is 2.28. The molecule has 3 rings (SSSR count). The van der Waals surface area contributed by atoms with E-state index in [1.807, 2.05) is 18.2 Å². The van der Waals surface area contributed by atoms with Crippen LogP contribution in [-0.2, 0) is 0 Å². The van der Waals surface area contributed by atoms with Gasteiger partial charge in [0.05, 0.1) is 9.09 Å². The number of amides is 1. The average molecular weight is 409 g/mol. The van der Waals surface area contributed by atoms with Crippen LogP contribution in [0.4, 0.5) is 10.7 Å². The lowest BCUT2D eigenvalue weighted by Crippen LogP contribution is -2.23. The van der Waals surface area contributed by atoms with Crippen molar-refractivity contribution in [2.45, 2.75) is 0 Å². The fourth-order valence-electron chi connectivity index (χ4n) is 2.03. The number of fused-ring (bicyclic) bond motifs is 1. The Morgan fingerprint density at radius 1 is 1.41 bits per heavy atom. The summed E-state index contributed by atoms with van der Waals surface area (Å²) in [4.78, 5) is 19.7. The first-order valence-corrected chi connectivity index (χ1v) is 7.45. The van der Waals surface area contributed by atoms with Crippen LogP contribution in [0.5, 0.6) is 11.6 Å². The van der Waals surface area contributed by atoms with Crippen molar-refractivity contribution in [1.29, 1.82) is 0 Å². The number of hydrogen-bond donors (Lipinski definition) is 2. The van der Waals surface area contributed by atoms with Gasteiger partial charge in [-0.2, -0.15) is 4.98 Å². The number of aromatic nitrogens is 3. The predicted molar refractivity (Wildman–Crippen MR) is 91.0 cm³/mol. The Bertz CT molecular complexity index is 862. The SMILES string of the molecule is CNC(=O)n1ccc2cc(Oc3nc(N)ncc3I)ccc21. The molecule has 0 aliphatic carbocycles. The highest BCUT2D eigenvalue weighted by molar-refractivity contribution is 14.1. The first kappa shape index (κ1) is 14.6. The Morgan fingerprint density at radius 3 is 3.00 bits per heavy atom. The number of benzene rings is 1. The fourth-order valence-corrected chi connectivity index (χ4v) is 2.40. The molecule has 0 atom stereocenters. The first-order valence-electron chi connectivity index (χ1n) is 6.37. The summed E-state index contributed by atoms with van der Waals surface area (Å²) >= 11 is 2.08. The number of nitrogens with two attached hydrogens (primary N) is 1. The molecule has 3 N–H and O–H groups in total. The number of halogens is 1. The third-order valence-corrected chi connectivity index (χ3v) is 3.78. The molecule has 0 unspecified atom stereocenters. The molecule has 7 nitrogen and oxygen atoms in total. The molecule has 8 heteroatoms. The zero-order valence-electron chi connectivity index (χ0n) is 11.6. The quantitative estimate of drug-likeness (QED) is 0.635. The van der Waals surface area contributed by atoms with E-state index in [-0.39, 0.29) is 12.0 Å². The van der Waals surface area contributed by atoms with Crippen LogP contribution < -0.4 is 15.8 Å². The van der Waals surface area contributed by atoms with E-state index in [1.165, 1.54) is 4.57 Å². The zero-order valence-corrected chi connectivity index (χ0v) is 13.7. The number of ether oxygens (including phenoxy) is 1. The maximum Gasteiger partial charge on any atom is 0.325 e. The molecule has 2 heterocycles. The highest BCUT2D eigenvalue weighted by Gasteiger charge is 2.10. The van der Waals surface area contributed by atoms with Gasteiger partial charge in [0.15, 0.2) is 0 Å². The van der Waals surface area contributed by atoms with Crippen molar-refractivity contribution in [2.24, 2.45) is 0 Å². The van der Waals surface area contributed by atoms with Crippen molar-refractivity contribution in [3.63, 3.8) is 0 Å². The summed E-state index contributed by atoms with van der Waals surface area (Å²) in [5.41, 5.74) is 6.37. The van der Waals surface area contributed by atoms with Crippen molar-refractivity contribution in [2.75, 3.05) is 12.8 Å². The molecule has 0 spiro atoms. The summed E-state index contributed by atoms with van der Waals surface area (Å²) in [6, 6.07) is 7.08. The van der Waals surface area contributed by atoms with Crippen molar-refractivity contribution >= 4 is 45.5 Å². The molecule has 3 aromatic rings. The summed E-state index contributed by atoms with van der Waals surface area (Å²) in [6.45, 7) is 0. The number of hydrogen-bond acceptors (Lipinski definition) is 5. The molecule has 112 valence electrons. The van der Waals surface area contributed by atoms with E-state index >= 15 is 0 Å². The van der Waals surface area contributed by atoms with Crippen LogP contribution in [-0.4, -0.2) is 27.6 Å². The maximum atomic E-state index is 11.7. The molecule has 0 aliphatic heterocycles. The van der Waals surface area contributed by atoms with Crippen LogP contribution in [0.1, 0.15) is 0 Å². The van der Waals surface area contributed by atoms with Gasteiger partial charge in [-0.3, -0.25) is 4.57 Å². The largest absolute Gasteiger partial charge is 0.438 e. The predicted octanol–water partition coefficient (Wildman–Crippen LogP) is 2.60. The van der Waals surface area contributed by atoms with Crippen molar-refractivity contribution < 1.29 is 9.53 Å². The minimum Gasteiger partial charge on any atom is -0.438 e. The number of carbonyl (C=O) groups is 1. The van der Waals surface area contributed by atoms with E-state index in [0.29, 0.717) is 11.6 Å². The van der Waals surface area contributed by atoms with Crippen LogP contribution in [0.2, 0.25) is 0 Å². The average Bonchev–Trinajstić information content (AvgIpc) is 2.93. The summed E-state index contributed by atoms with van der Waals surface area (Å²) in [5, 5.41) is 3.48. The number of anilines is 1. The third kappa shape index (κ3) is 2.69. The Balaban J connectivity index is 1.96. The van der Waals surface area contributed by atoms with Gasteiger partial charge in [-0.1, -0.05) is 0 Å². The van der Waals surface area contributed by atoms with Gasteiger partial charge in [-0.15, -0.1) is 0 Å². The number of nitrogens with one attached hydrogen (secondary N) is 1. The second-order valence-corrected chi connectivity index (χ2v) is 5.61. The molecule has 0 bridgehead atoms. The van der Waals surface area contributed by atoms with Gasteiger partial charge in [-0.25, -0.2) is 9.78 Å². The fraction of sp³-hybridized carbons (Fsp3) is 0.0714. The zero-order chi connectivity index (χ0) is 15.7. The molecule has 0 aliphatic rings. The summed E-state index contributed by atoms with van der Waals surface area (Å²) in [7, 11) is 1.59. The molecule has 0 saturated heterocycles. The van der Waals surface area contributed by atoms with Gasteiger partial charge >= 0.3 is 6.03 Å². The van der Waals surface area contributed by atoms with Crippen molar-refractivity contribution in [3.8, 4) is 11.6 Å². The van der Waals surface area contributed by atoms with Gasteiger partial charge in [0.2, 0.25) is 11.8 Å². The van der Waals surface area contributed by atoms with Crippen LogP contribution in [0.3, 0.4) is 0 Å². The van der Waals surface area contributed by atoms with E-state index in [0.717, 1.165) is 14.5 Å². The van der Waals surface area contributed by atoms with Gasteiger partial charge < -0.3 is 15.8 Å². The van der Waals surface area contributed by atoms with Crippen LogP contribution >= 0.6 is 22.6 Å². The minimum atomic E-state index is -0.193. The van der Waals surface area contributed by atoms with Gasteiger partial charge in [0, 0.05) is 24.8 Å². The summed E-state index contributed by atoms with van der Waals surface area (Å²) in [5.74, 6) is 1.17.